The van der Waals surface area contributed by atoms with Crippen molar-refractivity contribution in [1.29, 1.82) is 0 Å². The maximum Gasteiger partial charge on any atom is 0.254 e. The van der Waals surface area contributed by atoms with Gasteiger partial charge in [-0.1, -0.05) is 23.2 Å². The highest BCUT2D eigenvalue weighted by Gasteiger charge is 2.21. The van der Waals surface area contributed by atoms with Gasteiger partial charge in [0.05, 0.1) is 11.6 Å². The Hall–Kier alpha value is -1.28. The molecule has 0 bridgehead atoms. The number of aromatic nitrogens is 1. The minimum atomic E-state index is -0.480. The van der Waals surface area contributed by atoms with Crippen LogP contribution in [-0.2, 0) is 9.53 Å². The van der Waals surface area contributed by atoms with Gasteiger partial charge in [-0.25, -0.2) is 4.98 Å². The van der Waals surface area contributed by atoms with Crippen LogP contribution < -0.4 is 15.4 Å². The first kappa shape index (κ1) is 22.8. The van der Waals surface area contributed by atoms with Gasteiger partial charge in [0.15, 0.2) is 0 Å². The molecule has 142 valence electrons. The Kier molecular flexibility index (Phi) is 9.43. The topological polar surface area (TPSA) is 72.5 Å². The lowest BCUT2D eigenvalue weighted by Gasteiger charge is -2.22. The molecule has 1 aromatic carbocycles. The monoisotopic (exact) mass is 439 g/mol. The fraction of sp³-hybridized carbons (Fsp3) is 0.250. The van der Waals surface area contributed by atoms with Crippen LogP contribution in [0.4, 0.5) is 5.69 Å². The molecule has 2 N–H and O–H groups in total. The molecule has 0 radical (unpaired) electrons. The number of morpholine rings is 1. The summed E-state index contributed by atoms with van der Waals surface area (Å²) in [6, 6.07) is 8.43. The molecule has 1 saturated heterocycles. The number of nitrogens with one attached hydrogen (secondary N) is 2. The third-order valence-corrected chi connectivity index (χ3v) is 3.81. The molecule has 26 heavy (non-hydrogen) atoms. The fourth-order valence-corrected chi connectivity index (χ4v) is 2.57. The van der Waals surface area contributed by atoms with Gasteiger partial charge >= 0.3 is 0 Å². The number of nitrogens with zero attached hydrogens (tertiary/aromatic N) is 1. The van der Waals surface area contributed by atoms with Crippen molar-refractivity contribution in [2.45, 2.75) is 6.10 Å². The molecule has 1 fully saturated rings. The van der Waals surface area contributed by atoms with E-state index in [9.17, 15) is 4.79 Å². The van der Waals surface area contributed by atoms with Crippen molar-refractivity contribution < 1.29 is 14.3 Å². The summed E-state index contributed by atoms with van der Waals surface area (Å²) in [4.78, 5) is 16.1. The average Bonchev–Trinajstić information content (AvgIpc) is 2.60. The van der Waals surface area contributed by atoms with Crippen molar-refractivity contribution in [2.24, 2.45) is 0 Å². The number of ether oxygens (including phenoxy) is 2. The summed E-state index contributed by atoms with van der Waals surface area (Å²) in [6.07, 6.45) is 0.974. The van der Waals surface area contributed by atoms with E-state index in [1.165, 1.54) is 6.20 Å². The Morgan fingerprint density at radius 2 is 2.00 bits per heavy atom. The molecule has 0 spiro atoms. The normalized spacial score (nSPS) is 16.0. The Labute approximate surface area is 173 Å². The second-order valence-electron chi connectivity index (χ2n) is 5.12. The van der Waals surface area contributed by atoms with Crippen molar-refractivity contribution in [3.05, 3.63) is 46.6 Å². The van der Waals surface area contributed by atoms with Gasteiger partial charge < -0.3 is 20.1 Å². The molecule has 2 heterocycles. The predicted molar refractivity (Wildman–Crippen MR) is 107 cm³/mol. The zero-order valence-electron chi connectivity index (χ0n) is 13.4. The SMILES string of the molecule is Cl.Cl.O=C(Nc1ccc(Oc2ncc(Cl)cc2Cl)cc1)C1CNCCO1. The summed E-state index contributed by atoms with van der Waals surface area (Å²) in [6.45, 7) is 1.80. The minimum absolute atomic E-state index is 0. The standard InChI is InChI=1S/C16H15Cl2N3O3.2ClH/c17-10-7-13(18)16(20-8-10)24-12-3-1-11(2-4-12)21-15(22)14-9-19-5-6-23-14;;/h1-4,7-8,14,19H,5-6,9H2,(H,21,22);2*1H. The van der Waals surface area contributed by atoms with Gasteiger partial charge in [0.25, 0.3) is 5.91 Å². The first-order chi connectivity index (χ1) is 11.6. The van der Waals surface area contributed by atoms with E-state index in [2.05, 4.69) is 15.6 Å². The van der Waals surface area contributed by atoms with Crippen molar-refractivity contribution >= 4 is 59.6 Å². The number of pyridine rings is 1. The second kappa shape index (κ2) is 10.8. The lowest BCUT2D eigenvalue weighted by Crippen LogP contribution is -2.45. The minimum Gasteiger partial charge on any atom is -0.438 e. The van der Waals surface area contributed by atoms with Crippen LogP contribution >= 0.6 is 48.0 Å². The van der Waals surface area contributed by atoms with Crippen LogP contribution in [0.3, 0.4) is 0 Å². The van der Waals surface area contributed by atoms with E-state index in [1.54, 1.807) is 30.3 Å². The molecule has 6 nitrogen and oxygen atoms in total. The number of benzene rings is 1. The average molecular weight is 441 g/mol. The number of hydrogen-bond acceptors (Lipinski definition) is 5. The van der Waals surface area contributed by atoms with Crippen LogP contribution in [-0.4, -0.2) is 36.7 Å². The molecule has 3 rings (SSSR count). The molecule has 1 aromatic heterocycles. The summed E-state index contributed by atoms with van der Waals surface area (Å²) in [5, 5.41) is 6.67. The van der Waals surface area contributed by atoms with Gasteiger partial charge in [-0.3, -0.25) is 4.79 Å². The second-order valence-corrected chi connectivity index (χ2v) is 5.96. The molecule has 1 aliphatic heterocycles. The Morgan fingerprint density at radius 3 is 2.62 bits per heavy atom. The molecule has 1 atom stereocenters. The smallest absolute Gasteiger partial charge is 0.254 e. The van der Waals surface area contributed by atoms with Gasteiger partial charge in [-0.2, -0.15) is 0 Å². The largest absolute Gasteiger partial charge is 0.438 e. The lowest BCUT2D eigenvalue weighted by molar-refractivity contribution is -0.128. The van der Waals surface area contributed by atoms with Crippen molar-refractivity contribution in [2.75, 3.05) is 25.0 Å². The number of anilines is 1. The van der Waals surface area contributed by atoms with Crippen molar-refractivity contribution in [1.82, 2.24) is 10.3 Å². The molecular formula is C16H17Cl4N3O3. The van der Waals surface area contributed by atoms with E-state index in [-0.39, 0.29) is 36.6 Å². The summed E-state index contributed by atoms with van der Waals surface area (Å²) in [5.74, 6) is 0.623. The maximum atomic E-state index is 12.1. The number of amides is 1. The zero-order valence-corrected chi connectivity index (χ0v) is 16.6. The predicted octanol–water partition coefficient (Wildman–Crippen LogP) is 3.95. The van der Waals surface area contributed by atoms with Crippen molar-refractivity contribution in [3.8, 4) is 11.6 Å². The molecular weight excluding hydrogens is 424 g/mol. The van der Waals surface area contributed by atoms with Gasteiger partial charge in [0, 0.05) is 25.0 Å². The zero-order chi connectivity index (χ0) is 16.9. The molecule has 0 saturated carbocycles. The number of halogens is 4. The molecule has 2 aromatic rings. The van der Waals surface area contributed by atoms with E-state index in [0.717, 1.165) is 6.54 Å². The number of carbonyl (C=O) groups excluding carboxylic acids is 1. The van der Waals surface area contributed by atoms with Gasteiger partial charge in [-0.05, 0) is 30.3 Å². The summed E-state index contributed by atoms with van der Waals surface area (Å²) < 4.78 is 11.0. The Bertz CT molecular complexity index is 725. The number of hydrogen-bond donors (Lipinski definition) is 2. The molecule has 1 unspecified atom stereocenters. The van der Waals surface area contributed by atoms with E-state index in [0.29, 0.717) is 34.6 Å². The van der Waals surface area contributed by atoms with Crippen LogP contribution in [0.5, 0.6) is 11.6 Å². The molecule has 1 aliphatic rings. The Balaban J connectivity index is 0.00000169. The third-order valence-electron chi connectivity index (χ3n) is 3.33. The first-order valence-electron chi connectivity index (χ1n) is 7.34. The lowest BCUT2D eigenvalue weighted by atomic mass is 10.2. The van der Waals surface area contributed by atoms with Gasteiger partial charge in [0.1, 0.15) is 16.9 Å². The van der Waals surface area contributed by atoms with Gasteiger partial charge in [-0.15, -0.1) is 24.8 Å². The van der Waals surface area contributed by atoms with E-state index in [1.807, 2.05) is 0 Å². The van der Waals surface area contributed by atoms with E-state index in [4.69, 9.17) is 32.7 Å². The fourth-order valence-electron chi connectivity index (χ4n) is 2.15. The van der Waals surface area contributed by atoms with Crippen molar-refractivity contribution in [3.63, 3.8) is 0 Å². The van der Waals surface area contributed by atoms with Gasteiger partial charge in [0.2, 0.25) is 5.88 Å². The number of rotatable bonds is 4. The van der Waals surface area contributed by atoms with E-state index < -0.39 is 6.10 Å². The van der Waals surface area contributed by atoms with Crippen LogP contribution in [0.25, 0.3) is 0 Å². The van der Waals surface area contributed by atoms with Crippen LogP contribution in [0, 0.1) is 0 Å². The molecule has 0 aliphatic carbocycles. The van der Waals surface area contributed by atoms with E-state index >= 15 is 0 Å². The summed E-state index contributed by atoms with van der Waals surface area (Å²) in [7, 11) is 0. The highest BCUT2D eigenvalue weighted by atomic mass is 35.5. The highest BCUT2D eigenvalue weighted by molar-refractivity contribution is 6.35. The molecule has 1 amide bonds. The van der Waals surface area contributed by atoms with Crippen LogP contribution in [0.15, 0.2) is 36.5 Å². The quantitative estimate of drug-likeness (QED) is 0.752. The Morgan fingerprint density at radius 1 is 1.27 bits per heavy atom. The highest BCUT2D eigenvalue weighted by Crippen LogP contribution is 2.29. The number of carbonyl (C=O) groups is 1. The van der Waals surface area contributed by atoms with Crippen LogP contribution in [0.2, 0.25) is 10.0 Å². The first-order valence-corrected chi connectivity index (χ1v) is 8.09. The third kappa shape index (κ3) is 6.16. The molecule has 10 heteroatoms. The summed E-state index contributed by atoms with van der Waals surface area (Å²) in [5.41, 5.74) is 0.650. The van der Waals surface area contributed by atoms with Crippen LogP contribution in [0.1, 0.15) is 0 Å². The maximum absolute atomic E-state index is 12.1. The summed E-state index contributed by atoms with van der Waals surface area (Å²) >= 11 is 11.8.